The smallest absolute Gasteiger partial charge is 0.368 e. The van der Waals surface area contributed by atoms with Gasteiger partial charge in [-0.2, -0.15) is 0 Å². The minimum Gasteiger partial charge on any atom is -0.497 e. The van der Waals surface area contributed by atoms with Crippen LogP contribution in [-0.4, -0.2) is 48.5 Å². The molecule has 2 saturated heterocycles. The number of methoxy groups -OCH3 is 1. The molecule has 0 spiro atoms. The summed E-state index contributed by atoms with van der Waals surface area (Å²) in [4.78, 5) is 40.3. The van der Waals surface area contributed by atoms with Crippen LogP contribution in [-0.2, 0) is 19.1 Å². The number of fused-ring (bicyclic) bond motifs is 1. The van der Waals surface area contributed by atoms with E-state index in [1.54, 1.807) is 21.0 Å². The molecule has 0 unspecified atom stereocenters. The number of imide groups is 1. The third-order valence-electron chi connectivity index (χ3n) is 5.92. The largest absolute Gasteiger partial charge is 0.497 e. The number of benzene rings is 1. The Kier molecular flexibility index (Phi) is 5.24. The Morgan fingerprint density at radius 1 is 1.15 bits per heavy atom. The molecule has 2 heterocycles. The van der Waals surface area contributed by atoms with Crippen LogP contribution in [0.1, 0.15) is 38.8 Å². The van der Waals surface area contributed by atoms with Gasteiger partial charge in [-0.1, -0.05) is 6.92 Å². The summed E-state index contributed by atoms with van der Waals surface area (Å²) in [6.45, 7) is 5.93. The highest BCUT2D eigenvalue weighted by atomic mass is 16.5. The molecule has 146 valence electrons. The minimum absolute atomic E-state index is 0.204. The van der Waals surface area contributed by atoms with E-state index < -0.39 is 23.3 Å². The zero-order valence-electron chi connectivity index (χ0n) is 16.2. The lowest BCUT2D eigenvalue weighted by Crippen LogP contribution is -2.98. The number of hydrogen-bond acceptors (Lipinski definition) is 5. The monoisotopic (exact) mass is 375 g/mol. The summed E-state index contributed by atoms with van der Waals surface area (Å²) in [5, 5.41) is 1.88. The van der Waals surface area contributed by atoms with Gasteiger partial charge in [0.15, 0.2) is 0 Å². The van der Waals surface area contributed by atoms with Crippen molar-refractivity contribution in [3.63, 3.8) is 0 Å². The van der Waals surface area contributed by atoms with Gasteiger partial charge < -0.3 is 14.8 Å². The molecule has 2 fully saturated rings. The van der Waals surface area contributed by atoms with E-state index in [-0.39, 0.29) is 24.5 Å². The molecule has 7 nitrogen and oxygen atoms in total. The zero-order valence-corrected chi connectivity index (χ0v) is 16.2. The van der Waals surface area contributed by atoms with Crippen LogP contribution in [0.5, 0.6) is 5.75 Å². The maximum absolute atomic E-state index is 13.0. The molecule has 0 radical (unpaired) electrons. The summed E-state index contributed by atoms with van der Waals surface area (Å²) < 4.78 is 10.5. The predicted molar refractivity (Wildman–Crippen MR) is 96.7 cm³/mol. The van der Waals surface area contributed by atoms with Crippen molar-refractivity contribution in [3.8, 4) is 5.75 Å². The van der Waals surface area contributed by atoms with Crippen molar-refractivity contribution in [2.45, 2.75) is 38.8 Å². The molecule has 27 heavy (non-hydrogen) atoms. The highest BCUT2D eigenvalue weighted by Gasteiger charge is 2.71. The van der Waals surface area contributed by atoms with Crippen LogP contribution in [0.15, 0.2) is 24.3 Å². The van der Waals surface area contributed by atoms with Crippen molar-refractivity contribution in [1.82, 2.24) is 4.90 Å². The van der Waals surface area contributed by atoms with E-state index in [1.165, 1.54) is 4.90 Å². The van der Waals surface area contributed by atoms with E-state index in [4.69, 9.17) is 9.47 Å². The Balaban J connectivity index is 2.09. The number of hydrogen-bond donors (Lipinski definition) is 1. The van der Waals surface area contributed by atoms with Gasteiger partial charge in [0.05, 0.1) is 13.7 Å². The van der Waals surface area contributed by atoms with Crippen molar-refractivity contribution in [2.24, 2.45) is 11.8 Å². The average molecular weight is 375 g/mol. The van der Waals surface area contributed by atoms with Crippen molar-refractivity contribution in [3.05, 3.63) is 29.8 Å². The second kappa shape index (κ2) is 7.31. The van der Waals surface area contributed by atoms with E-state index in [0.29, 0.717) is 18.7 Å². The highest BCUT2D eigenvalue weighted by molar-refractivity contribution is 6.08. The minimum atomic E-state index is -1.08. The lowest BCUT2D eigenvalue weighted by Gasteiger charge is -2.28. The molecule has 0 aromatic heterocycles. The summed E-state index contributed by atoms with van der Waals surface area (Å²) in [7, 11) is 1.59. The number of esters is 1. The summed E-state index contributed by atoms with van der Waals surface area (Å²) in [6, 6.07) is 7.11. The first-order chi connectivity index (χ1) is 12.9. The van der Waals surface area contributed by atoms with Gasteiger partial charge in [0.1, 0.15) is 23.6 Å². The molecular formula is C20H27N2O5+. The lowest BCUT2D eigenvalue weighted by atomic mass is 9.78. The molecule has 4 atom stereocenters. The second-order valence-corrected chi connectivity index (χ2v) is 7.00. The Bertz CT molecular complexity index is 747. The molecule has 0 bridgehead atoms. The summed E-state index contributed by atoms with van der Waals surface area (Å²) in [5.41, 5.74) is -0.188. The van der Waals surface area contributed by atoms with Gasteiger partial charge >= 0.3 is 5.97 Å². The first-order valence-electron chi connectivity index (χ1n) is 9.47. The number of carbonyl (C=O) groups excluding carboxylic acids is 3. The number of likely N-dealkylation sites (tertiary alicyclic amines) is 1. The molecule has 2 aliphatic rings. The van der Waals surface area contributed by atoms with E-state index in [1.807, 2.05) is 36.5 Å². The molecule has 2 N–H and O–H groups in total. The Hall–Kier alpha value is -2.41. The van der Waals surface area contributed by atoms with E-state index >= 15 is 0 Å². The zero-order chi connectivity index (χ0) is 19.8. The summed E-state index contributed by atoms with van der Waals surface area (Å²) >= 11 is 0. The Labute approximate surface area is 159 Å². The third kappa shape index (κ3) is 2.81. The van der Waals surface area contributed by atoms with Gasteiger partial charge in [-0.3, -0.25) is 14.5 Å². The van der Waals surface area contributed by atoms with Crippen LogP contribution in [0, 0.1) is 11.8 Å². The van der Waals surface area contributed by atoms with Gasteiger partial charge in [0.25, 0.3) is 0 Å². The van der Waals surface area contributed by atoms with Crippen LogP contribution >= 0.6 is 0 Å². The van der Waals surface area contributed by atoms with Crippen molar-refractivity contribution >= 4 is 17.8 Å². The van der Waals surface area contributed by atoms with Crippen LogP contribution in [0.3, 0.4) is 0 Å². The number of amides is 2. The average Bonchev–Trinajstić information content (AvgIpc) is 3.16. The number of ether oxygens (including phenoxy) is 2. The quantitative estimate of drug-likeness (QED) is 0.582. The molecule has 7 heteroatoms. The molecule has 3 rings (SSSR count). The van der Waals surface area contributed by atoms with Gasteiger partial charge in [-0.15, -0.1) is 0 Å². The van der Waals surface area contributed by atoms with Crippen LogP contribution in [0.4, 0.5) is 0 Å². The summed E-state index contributed by atoms with van der Waals surface area (Å²) in [6.07, 6.45) is 0.413. The number of nitrogens with zero attached hydrogens (tertiary/aromatic N) is 1. The molecule has 1 aromatic rings. The fraction of sp³-hybridized carbons (Fsp3) is 0.550. The molecule has 0 aliphatic carbocycles. The maximum atomic E-state index is 13.0. The van der Waals surface area contributed by atoms with Crippen molar-refractivity contribution < 1.29 is 29.2 Å². The maximum Gasteiger partial charge on any atom is 0.368 e. The van der Waals surface area contributed by atoms with Crippen LogP contribution < -0.4 is 10.1 Å². The molecule has 1 aromatic carbocycles. The number of rotatable bonds is 6. The van der Waals surface area contributed by atoms with E-state index in [0.717, 1.165) is 5.56 Å². The fourth-order valence-electron chi connectivity index (χ4n) is 4.57. The number of quaternary nitrogens is 1. The van der Waals surface area contributed by atoms with E-state index in [2.05, 4.69) is 0 Å². The molecule has 2 aliphatic heterocycles. The van der Waals surface area contributed by atoms with Gasteiger partial charge in [-0.05, 0) is 38.1 Å². The van der Waals surface area contributed by atoms with Crippen molar-refractivity contribution in [2.75, 3.05) is 20.3 Å². The van der Waals surface area contributed by atoms with Gasteiger partial charge in [0, 0.05) is 18.5 Å². The first-order valence-corrected chi connectivity index (χ1v) is 9.47. The lowest BCUT2D eigenvalue weighted by molar-refractivity contribution is -0.734. The number of carbonyl (C=O) groups is 3. The fourth-order valence-corrected chi connectivity index (χ4v) is 4.57. The van der Waals surface area contributed by atoms with Gasteiger partial charge in [-0.25, -0.2) is 4.79 Å². The second-order valence-electron chi connectivity index (χ2n) is 7.00. The normalized spacial score (nSPS) is 29.8. The molecular weight excluding hydrogens is 348 g/mol. The van der Waals surface area contributed by atoms with Crippen molar-refractivity contribution in [1.29, 1.82) is 0 Å². The number of nitrogens with two attached hydrogens (primary N) is 1. The third-order valence-corrected chi connectivity index (χ3v) is 5.92. The molecule has 2 amide bonds. The topological polar surface area (TPSA) is 89.5 Å². The Morgan fingerprint density at radius 2 is 1.81 bits per heavy atom. The Morgan fingerprint density at radius 3 is 2.33 bits per heavy atom. The van der Waals surface area contributed by atoms with Crippen LogP contribution in [0.25, 0.3) is 0 Å². The summed E-state index contributed by atoms with van der Waals surface area (Å²) in [5.74, 6) is -1.46. The van der Waals surface area contributed by atoms with Crippen LogP contribution in [0.2, 0.25) is 0 Å². The standard InChI is InChI=1S/C20H26N2O5/c1-5-20(19(25)27-7-3)15-14(17(23)22(6-2)18(15)24)16(21-20)12-8-10-13(26-4)11-9-12/h8-11,14-16,21H,5-7H2,1-4H3/p+1/t14-,15-,16-,20-/m0/s1. The molecule has 0 saturated carbocycles. The first kappa shape index (κ1) is 19.4. The highest BCUT2D eigenvalue weighted by Crippen LogP contribution is 2.45. The van der Waals surface area contributed by atoms with E-state index in [9.17, 15) is 14.4 Å². The SMILES string of the molecule is CCOC(=O)[C@@]1(CC)[NH2+][C@@H](c2ccc(OC)cc2)[C@H]2C(=O)N(CC)C(=O)[C@H]21. The van der Waals surface area contributed by atoms with Gasteiger partial charge in [0.2, 0.25) is 17.4 Å². The predicted octanol–water partition coefficient (Wildman–Crippen LogP) is 0.646.